The number of benzene rings is 2. The Balaban J connectivity index is 1.60. The third-order valence-corrected chi connectivity index (χ3v) is 4.42. The van der Waals surface area contributed by atoms with Crippen LogP contribution < -0.4 is 5.32 Å². The Morgan fingerprint density at radius 3 is 2.58 bits per heavy atom. The third-order valence-electron chi connectivity index (χ3n) is 3.70. The van der Waals surface area contributed by atoms with Crippen molar-refractivity contribution in [1.82, 2.24) is 0 Å². The summed E-state index contributed by atoms with van der Waals surface area (Å²) in [6.07, 6.45) is 2.27. The van der Waals surface area contributed by atoms with Crippen molar-refractivity contribution in [2.45, 2.75) is 24.8 Å². The first-order valence-electron chi connectivity index (χ1n) is 6.52. The maximum absolute atomic E-state index is 9.44. The van der Waals surface area contributed by atoms with Gasteiger partial charge in [-0.25, -0.2) is 0 Å². The first-order valence-corrected chi connectivity index (χ1v) is 7.31. The fourth-order valence-corrected chi connectivity index (χ4v) is 3.24. The van der Waals surface area contributed by atoms with Crippen LogP contribution in [0.15, 0.2) is 53.0 Å². The molecule has 0 radical (unpaired) electrons. The van der Waals surface area contributed by atoms with Crippen LogP contribution in [0.4, 0.5) is 5.69 Å². The zero-order chi connectivity index (χ0) is 13.2. The molecule has 0 unspecified atom stereocenters. The summed E-state index contributed by atoms with van der Waals surface area (Å²) < 4.78 is 1.20. The molecular formula is C16H16BrNO. The summed E-state index contributed by atoms with van der Waals surface area (Å²) in [7, 11) is 0. The molecule has 1 saturated carbocycles. The molecule has 1 fully saturated rings. The Morgan fingerprint density at radius 2 is 1.84 bits per heavy atom. The molecule has 1 aliphatic rings. The zero-order valence-corrected chi connectivity index (χ0v) is 12.1. The lowest BCUT2D eigenvalue weighted by Gasteiger charge is -2.37. The molecule has 0 atom stereocenters. The van der Waals surface area contributed by atoms with E-state index >= 15 is 0 Å². The van der Waals surface area contributed by atoms with Crippen LogP contribution in [-0.4, -0.2) is 11.1 Å². The van der Waals surface area contributed by atoms with Gasteiger partial charge in [-0.2, -0.15) is 0 Å². The summed E-state index contributed by atoms with van der Waals surface area (Å²) in [6.45, 7) is 0. The summed E-state index contributed by atoms with van der Waals surface area (Å²) in [6, 6.07) is 16.3. The first-order chi connectivity index (χ1) is 9.22. The lowest BCUT2D eigenvalue weighted by atomic mass is 9.76. The summed E-state index contributed by atoms with van der Waals surface area (Å²) in [5, 5.41) is 12.9. The molecule has 1 aliphatic carbocycles. The van der Waals surface area contributed by atoms with Gasteiger partial charge in [0.25, 0.3) is 0 Å². The molecule has 2 nitrogen and oxygen atoms in total. The monoisotopic (exact) mass is 317 g/mol. The second-order valence-electron chi connectivity index (χ2n) is 5.08. The van der Waals surface area contributed by atoms with Crippen molar-refractivity contribution < 1.29 is 5.11 Å². The fraction of sp³-hybridized carbons (Fsp3) is 0.250. The molecule has 2 aromatic rings. The van der Waals surface area contributed by atoms with Crippen molar-refractivity contribution >= 4 is 21.6 Å². The number of phenolic OH excluding ortho intramolecular Hbond substituents is 1. The van der Waals surface area contributed by atoms with E-state index in [4.69, 9.17) is 0 Å². The third kappa shape index (κ3) is 2.76. The average molecular weight is 318 g/mol. The summed E-state index contributed by atoms with van der Waals surface area (Å²) >= 11 is 3.61. The number of aromatic hydroxyl groups is 1. The molecule has 0 aliphatic heterocycles. The molecule has 0 saturated heterocycles. The molecule has 0 amide bonds. The van der Waals surface area contributed by atoms with Gasteiger partial charge in [0, 0.05) is 22.3 Å². The molecule has 2 N–H and O–H groups in total. The number of hydrogen-bond donors (Lipinski definition) is 2. The van der Waals surface area contributed by atoms with Gasteiger partial charge in [-0.3, -0.25) is 0 Å². The van der Waals surface area contributed by atoms with Gasteiger partial charge >= 0.3 is 0 Å². The summed E-state index contributed by atoms with van der Waals surface area (Å²) in [5.41, 5.74) is 2.40. The van der Waals surface area contributed by atoms with Gasteiger partial charge in [0.2, 0.25) is 0 Å². The number of hydrogen-bond acceptors (Lipinski definition) is 2. The van der Waals surface area contributed by atoms with Gasteiger partial charge in [0.15, 0.2) is 0 Å². The fourth-order valence-electron chi connectivity index (χ4n) is 2.63. The maximum atomic E-state index is 9.44. The van der Waals surface area contributed by atoms with Crippen molar-refractivity contribution in [2.75, 3.05) is 5.32 Å². The number of phenols is 1. The molecule has 19 heavy (non-hydrogen) atoms. The Bertz CT molecular complexity index is 578. The van der Waals surface area contributed by atoms with Gasteiger partial charge < -0.3 is 10.4 Å². The van der Waals surface area contributed by atoms with E-state index in [2.05, 4.69) is 45.5 Å². The average Bonchev–Trinajstić information content (AvgIpc) is 2.35. The zero-order valence-electron chi connectivity index (χ0n) is 10.5. The van der Waals surface area contributed by atoms with E-state index in [0.717, 1.165) is 18.5 Å². The highest BCUT2D eigenvalue weighted by atomic mass is 79.9. The summed E-state index contributed by atoms with van der Waals surface area (Å²) in [5.74, 6) is 0.942. The quantitative estimate of drug-likeness (QED) is 0.872. The lowest BCUT2D eigenvalue weighted by Crippen LogP contribution is -2.34. The second kappa shape index (κ2) is 5.25. The van der Waals surface area contributed by atoms with Gasteiger partial charge in [0.1, 0.15) is 5.75 Å². The predicted octanol–water partition coefficient (Wildman–Crippen LogP) is 4.51. The minimum Gasteiger partial charge on any atom is -0.508 e. The topological polar surface area (TPSA) is 32.3 Å². The van der Waals surface area contributed by atoms with Crippen LogP contribution in [0.3, 0.4) is 0 Å². The van der Waals surface area contributed by atoms with Gasteiger partial charge in [-0.15, -0.1) is 0 Å². The van der Waals surface area contributed by atoms with Gasteiger partial charge in [0.05, 0.1) is 0 Å². The lowest BCUT2D eigenvalue weighted by molar-refractivity contribution is 0.373. The van der Waals surface area contributed by atoms with Crippen molar-refractivity contribution in [3.63, 3.8) is 0 Å². The van der Waals surface area contributed by atoms with Crippen LogP contribution in [0, 0.1) is 0 Å². The van der Waals surface area contributed by atoms with Crippen LogP contribution in [0.1, 0.15) is 24.3 Å². The largest absolute Gasteiger partial charge is 0.508 e. The number of anilines is 1. The second-order valence-corrected chi connectivity index (χ2v) is 5.94. The Labute approximate surface area is 121 Å². The number of halogens is 1. The van der Waals surface area contributed by atoms with E-state index in [-0.39, 0.29) is 0 Å². The van der Waals surface area contributed by atoms with E-state index in [1.165, 1.54) is 10.0 Å². The van der Waals surface area contributed by atoms with Crippen LogP contribution in [0.25, 0.3) is 0 Å². The van der Waals surface area contributed by atoms with Crippen LogP contribution in [-0.2, 0) is 0 Å². The number of rotatable bonds is 3. The first kappa shape index (κ1) is 12.5. The van der Waals surface area contributed by atoms with Gasteiger partial charge in [-0.1, -0.05) is 40.2 Å². The number of nitrogens with one attached hydrogen (secondary N) is 1. The van der Waals surface area contributed by atoms with E-state index in [1.54, 1.807) is 12.1 Å². The molecule has 0 aromatic heterocycles. The van der Waals surface area contributed by atoms with Crippen molar-refractivity contribution in [3.05, 3.63) is 58.6 Å². The smallest absolute Gasteiger partial charge is 0.117 e. The summed E-state index contributed by atoms with van der Waals surface area (Å²) in [4.78, 5) is 0. The normalized spacial score (nSPS) is 21.7. The highest BCUT2D eigenvalue weighted by Crippen LogP contribution is 2.41. The molecular weight excluding hydrogens is 302 g/mol. The Morgan fingerprint density at radius 1 is 1.05 bits per heavy atom. The minimum atomic E-state index is 0.312. The maximum Gasteiger partial charge on any atom is 0.117 e. The van der Waals surface area contributed by atoms with E-state index < -0.39 is 0 Å². The van der Waals surface area contributed by atoms with E-state index in [0.29, 0.717) is 17.7 Å². The SMILES string of the molecule is Oc1cccc(NC2CC(c3ccccc3Br)C2)c1. The molecule has 0 bridgehead atoms. The van der Waals surface area contributed by atoms with Crippen molar-refractivity contribution in [2.24, 2.45) is 0 Å². The predicted molar refractivity (Wildman–Crippen MR) is 81.6 cm³/mol. The Kier molecular flexibility index (Phi) is 3.47. The standard InChI is InChI=1S/C16H16BrNO/c17-16-7-2-1-6-15(16)11-8-13(9-11)18-12-4-3-5-14(19)10-12/h1-7,10-11,13,18-19H,8-9H2. The minimum absolute atomic E-state index is 0.312. The van der Waals surface area contributed by atoms with Gasteiger partial charge in [-0.05, 0) is 42.5 Å². The molecule has 2 aromatic carbocycles. The molecule has 0 spiro atoms. The van der Waals surface area contributed by atoms with Crippen LogP contribution >= 0.6 is 15.9 Å². The highest BCUT2D eigenvalue weighted by molar-refractivity contribution is 9.10. The molecule has 3 rings (SSSR count). The van der Waals surface area contributed by atoms with Crippen LogP contribution in [0.5, 0.6) is 5.75 Å². The Hall–Kier alpha value is -1.48. The van der Waals surface area contributed by atoms with Crippen LogP contribution in [0.2, 0.25) is 0 Å². The molecule has 3 heteroatoms. The van der Waals surface area contributed by atoms with Crippen molar-refractivity contribution in [3.8, 4) is 5.75 Å². The molecule has 0 heterocycles. The highest BCUT2D eigenvalue weighted by Gasteiger charge is 2.31. The van der Waals surface area contributed by atoms with E-state index in [9.17, 15) is 5.11 Å². The van der Waals surface area contributed by atoms with Crippen molar-refractivity contribution in [1.29, 1.82) is 0 Å². The van der Waals surface area contributed by atoms with E-state index in [1.807, 2.05) is 12.1 Å². The molecule has 98 valence electrons.